The van der Waals surface area contributed by atoms with Crippen LogP contribution in [0.4, 0.5) is 5.69 Å². The van der Waals surface area contributed by atoms with Crippen LogP contribution in [-0.2, 0) is 19.6 Å². The number of rotatable bonds is 7. The Morgan fingerprint density at radius 2 is 1.77 bits per heavy atom. The van der Waals surface area contributed by atoms with E-state index in [0.717, 1.165) is 6.42 Å². The van der Waals surface area contributed by atoms with Crippen LogP contribution in [0.1, 0.15) is 30.5 Å². The standard InChI is InChI=1S/C25H23N3O6S/c1-2-14-34-19-9-5-16(6-10-19)23(29)21-22(17-4-3-13-27-15-17)28(25(31)24(21)30)18-7-11-20(12-8-18)35(26,32)33/h3-13,15,22,29H,2,14H2,1H3,(H2,26,32,33)/b23-21+. The van der Waals surface area contributed by atoms with Gasteiger partial charge in [-0.15, -0.1) is 0 Å². The molecular formula is C25H23N3O6S. The number of pyridine rings is 1. The van der Waals surface area contributed by atoms with Gasteiger partial charge in [-0.1, -0.05) is 13.0 Å². The highest BCUT2D eigenvalue weighted by molar-refractivity contribution is 7.89. The van der Waals surface area contributed by atoms with Crippen molar-refractivity contribution in [3.63, 3.8) is 0 Å². The second kappa shape index (κ2) is 9.69. The first kappa shape index (κ1) is 24.1. The molecule has 1 amide bonds. The van der Waals surface area contributed by atoms with Crippen molar-refractivity contribution in [2.45, 2.75) is 24.3 Å². The summed E-state index contributed by atoms with van der Waals surface area (Å²) < 4.78 is 28.8. The number of carbonyl (C=O) groups excluding carboxylic acids is 2. The van der Waals surface area contributed by atoms with Crippen molar-refractivity contribution in [2.75, 3.05) is 11.5 Å². The second-order valence-electron chi connectivity index (χ2n) is 7.87. The number of ether oxygens (including phenoxy) is 1. The molecule has 1 aliphatic heterocycles. The van der Waals surface area contributed by atoms with Crippen LogP contribution in [0.5, 0.6) is 5.75 Å². The van der Waals surface area contributed by atoms with E-state index in [-0.39, 0.29) is 21.9 Å². The number of nitrogens with zero attached hydrogens (tertiary/aromatic N) is 2. The Bertz CT molecular complexity index is 1390. The summed E-state index contributed by atoms with van der Waals surface area (Å²) in [5, 5.41) is 16.3. The number of primary sulfonamides is 1. The van der Waals surface area contributed by atoms with Crippen LogP contribution >= 0.6 is 0 Å². The largest absolute Gasteiger partial charge is 0.507 e. The summed E-state index contributed by atoms with van der Waals surface area (Å²) in [6, 6.07) is 14.2. The number of amides is 1. The van der Waals surface area contributed by atoms with E-state index in [4.69, 9.17) is 9.88 Å². The van der Waals surface area contributed by atoms with Gasteiger partial charge in [-0.3, -0.25) is 19.5 Å². The third-order valence-corrected chi connectivity index (χ3v) is 6.42. The molecule has 0 aliphatic carbocycles. The number of aromatic nitrogens is 1. The normalized spacial score (nSPS) is 17.5. The van der Waals surface area contributed by atoms with E-state index in [1.165, 1.54) is 35.4 Å². The van der Waals surface area contributed by atoms with Crippen molar-refractivity contribution in [1.82, 2.24) is 4.98 Å². The van der Waals surface area contributed by atoms with Crippen LogP contribution in [-0.4, -0.2) is 36.8 Å². The fraction of sp³-hybridized carbons (Fsp3) is 0.160. The minimum atomic E-state index is -3.94. The number of hydrogen-bond donors (Lipinski definition) is 2. The van der Waals surface area contributed by atoms with Crippen molar-refractivity contribution in [3.8, 4) is 5.75 Å². The van der Waals surface area contributed by atoms with E-state index in [1.807, 2.05) is 6.92 Å². The van der Waals surface area contributed by atoms with Crippen LogP contribution < -0.4 is 14.8 Å². The van der Waals surface area contributed by atoms with Gasteiger partial charge in [0.2, 0.25) is 10.0 Å². The monoisotopic (exact) mass is 493 g/mol. The fourth-order valence-corrected chi connectivity index (χ4v) is 4.35. The van der Waals surface area contributed by atoms with E-state index in [2.05, 4.69) is 4.98 Å². The lowest BCUT2D eigenvalue weighted by Gasteiger charge is -2.25. The molecule has 3 aromatic rings. The highest BCUT2D eigenvalue weighted by Crippen LogP contribution is 2.42. The fourth-order valence-electron chi connectivity index (χ4n) is 3.83. The Hall–Kier alpha value is -4.02. The molecule has 3 N–H and O–H groups in total. The SMILES string of the molecule is CCCOc1ccc(/C(O)=C2\C(=O)C(=O)N(c3ccc(S(N)(=O)=O)cc3)C2c2cccnc2)cc1. The Morgan fingerprint density at radius 3 is 2.34 bits per heavy atom. The Morgan fingerprint density at radius 1 is 1.09 bits per heavy atom. The number of anilines is 1. The van der Waals surface area contributed by atoms with Crippen molar-refractivity contribution in [3.05, 3.63) is 89.8 Å². The van der Waals surface area contributed by atoms with Gasteiger partial charge in [0.15, 0.2) is 0 Å². The van der Waals surface area contributed by atoms with Gasteiger partial charge in [0.25, 0.3) is 11.7 Å². The van der Waals surface area contributed by atoms with Gasteiger partial charge < -0.3 is 9.84 Å². The van der Waals surface area contributed by atoms with Gasteiger partial charge in [0, 0.05) is 23.6 Å². The van der Waals surface area contributed by atoms with E-state index >= 15 is 0 Å². The van der Waals surface area contributed by atoms with Crippen LogP contribution in [0.25, 0.3) is 5.76 Å². The molecule has 1 saturated heterocycles. The molecule has 1 fully saturated rings. The molecule has 0 saturated carbocycles. The van der Waals surface area contributed by atoms with E-state index in [0.29, 0.717) is 23.5 Å². The first-order valence-electron chi connectivity index (χ1n) is 10.8. The van der Waals surface area contributed by atoms with Crippen LogP contribution in [0.15, 0.2) is 83.5 Å². The molecule has 35 heavy (non-hydrogen) atoms. The number of sulfonamides is 1. The van der Waals surface area contributed by atoms with Gasteiger partial charge in [0.1, 0.15) is 11.5 Å². The maximum Gasteiger partial charge on any atom is 0.300 e. The molecule has 0 bridgehead atoms. The summed E-state index contributed by atoms with van der Waals surface area (Å²) in [7, 11) is -3.94. The predicted octanol–water partition coefficient (Wildman–Crippen LogP) is 3.14. The lowest BCUT2D eigenvalue weighted by atomic mass is 9.96. The van der Waals surface area contributed by atoms with Crippen molar-refractivity contribution in [1.29, 1.82) is 0 Å². The minimum Gasteiger partial charge on any atom is -0.507 e. The molecule has 1 unspecified atom stereocenters. The first-order valence-corrected chi connectivity index (χ1v) is 12.3. The van der Waals surface area contributed by atoms with Gasteiger partial charge in [-0.2, -0.15) is 0 Å². The molecule has 2 aromatic carbocycles. The molecule has 10 heteroatoms. The molecule has 4 rings (SSSR count). The summed E-state index contributed by atoms with van der Waals surface area (Å²) in [4.78, 5) is 31.5. The number of Topliss-reactive ketones (excluding diaryl/α,β-unsaturated/α-hetero) is 1. The Kier molecular flexibility index (Phi) is 6.68. The van der Waals surface area contributed by atoms with Crippen LogP contribution in [0, 0.1) is 0 Å². The van der Waals surface area contributed by atoms with Crippen LogP contribution in [0.3, 0.4) is 0 Å². The zero-order chi connectivity index (χ0) is 25.2. The average Bonchev–Trinajstić information content (AvgIpc) is 3.13. The summed E-state index contributed by atoms with van der Waals surface area (Å²) in [6.45, 7) is 2.53. The van der Waals surface area contributed by atoms with Gasteiger partial charge in [-0.05, 0) is 66.6 Å². The zero-order valence-electron chi connectivity index (χ0n) is 18.8. The van der Waals surface area contributed by atoms with Gasteiger partial charge in [-0.25, -0.2) is 13.6 Å². The first-order chi connectivity index (χ1) is 16.7. The third-order valence-electron chi connectivity index (χ3n) is 5.49. The van der Waals surface area contributed by atoms with Crippen LogP contribution in [0.2, 0.25) is 0 Å². The molecule has 1 aliphatic rings. The number of benzene rings is 2. The molecule has 1 atom stereocenters. The second-order valence-corrected chi connectivity index (χ2v) is 9.43. The number of aliphatic hydroxyl groups is 1. The summed E-state index contributed by atoms with van der Waals surface area (Å²) in [6.07, 6.45) is 3.89. The maximum atomic E-state index is 13.2. The number of carbonyl (C=O) groups is 2. The zero-order valence-corrected chi connectivity index (χ0v) is 19.6. The molecule has 0 spiro atoms. The van der Waals surface area contributed by atoms with E-state index in [9.17, 15) is 23.1 Å². The number of aliphatic hydroxyl groups excluding tert-OH is 1. The smallest absolute Gasteiger partial charge is 0.300 e. The van der Waals surface area contributed by atoms with E-state index < -0.39 is 27.8 Å². The Labute approximate surface area is 202 Å². The predicted molar refractivity (Wildman–Crippen MR) is 129 cm³/mol. The molecule has 0 radical (unpaired) electrons. The quantitative estimate of drug-likeness (QED) is 0.293. The van der Waals surface area contributed by atoms with Crippen molar-refractivity contribution in [2.24, 2.45) is 5.14 Å². The molecule has 9 nitrogen and oxygen atoms in total. The van der Waals surface area contributed by atoms with Gasteiger partial charge >= 0.3 is 0 Å². The maximum absolute atomic E-state index is 13.2. The molecular weight excluding hydrogens is 470 g/mol. The lowest BCUT2D eigenvalue weighted by molar-refractivity contribution is -0.132. The van der Waals surface area contributed by atoms with E-state index in [1.54, 1.807) is 42.6 Å². The summed E-state index contributed by atoms with van der Waals surface area (Å²) >= 11 is 0. The molecule has 180 valence electrons. The number of hydrogen-bond acceptors (Lipinski definition) is 7. The van der Waals surface area contributed by atoms with Crippen molar-refractivity contribution >= 4 is 33.2 Å². The average molecular weight is 494 g/mol. The highest BCUT2D eigenvalue weighted by atomic mass is 32.2. The lowest BCUT2D eigenvalue weighted by Crippen LogP contribution is -2.29. The highest BCUT2D eigenvalue weighted by Gasteiger charge is 2.47. The summed E-state index contributed by atoms with van der Waals surface area (Å²) in [5.41, 5.74) is 0.980. The molecule has 1 aromatic heterocycles. The topological polar surface area (TPSA) is 140 Å². The summed E-state index contributed by atoms with van der Waals surface area (Å²) in [5.74, 6) is -1.48. The minimum absolute atomic E-state index is 0.110. The van der Waals surface area contributed by atoms with Gasteiger partial charge in [0.05, 0.1) is 23.1 Å². The van der Waals surface area contributed by atoms with Crippen molar-refractivity contribution < 1.29 is 27.9 Å². The number of nitrogens with two attached hydrogens (primary N) is 1. The number of ketones is 1. The molecule has 2 heterocycles. The Balaban J connectivity index is 1.82. The third kappa shape index (κ3) is 4.79.